The number of para-hydroxylation sites is 1. The average molecular weight is 257 g/mol. The van der Waals surface area contributed by atoms with E-state index in [1.54, 1.807) is 25.3 Å². The number of rotatable bonds is 4. The molecule has 1 N–H and O–H groups in total. The van der Waals surface area contributed by atoms with Crippen LogP contribution in [0, 0.1) is 0 Å². The predicted octanol–water partition coefficient (Wildman–Crippen LogP) is 2.36. The number of carbonyl (C=O) groups is 1. The van der Waals surface area contributed by atoms with Crippen molar-refractivity contribution >= 4 is 16.9 Å². The van der Waals surface area contributed by atoms with Gasteiger partial charge in [0.05, 0.1) is 5.92 Å². The zero-order chi connectivity index (χ0) is 13.8. The first kappa shape index (κ1) is 13.1. The summed E-state index contributed by atoms with van der Waals surface area (Å²) in [4.78, 5) is 27.1. The quantitative estimate of drug-likeness (QED) is 0.675. The Balaban J connectivity index is 2.40. The van der Waals surface area contributed by atoms with Gasteiger partial charge in [0.15, 0.2) is 5.43 Å². The molecule has 0 spiro atoms. The normalized spacial score (nSPS) is 12.1. The number of benzene rings is 1. The van der Waals surface area contributed by atoms with E-state index in [4.69, 9.17) is 4.74 Å². The number of ether oxygens (including phenoxy) is 1. The summed E-state index contributed by atoms with van der Waals surface area (Å²) < 4.78 is 4.96. The summed E-state index contributed by atoms with van der Waals surface area (Å²) in [6.07, 6.45) is 3.07. The Morgan fingerprint density at radius 1 is 1.47 bits per heavy atom. The first-order valence-corrected chi connectivity index (χ1v) is 6.03. The molecule has 2 aromatic rings. The van der Waals surface area contributed by atoms with E-state index in [-0.39, 0.29) is 12.0 Å². The molecule has 19 heavy (non-hydrogen) atoms. The number of hydrogen-bond acceptors (Lipinski definition) is 3. The molecule has 1 aromatic heterocycles. The number of nitrogens with one attached hydrogen (secondary N) is 1. The molecule has 1 unspecified atom stereocenters. The van der Waals surface area contributed by atoms with Crippen LogP contribution in [0.3, 0.4) is 0 Å². The summed E-state index contributed by atoms with van der Waals surface area (Å²) in [5.41, 5.74) is 1.02. The number of aromatic amines is 1. The summed E-state index contributed by atoms with van der Waals surface area (Å²) in [7, 11) is 0. The summed E-state index contributed by atoms with van der Waals surface area (Å²) >= 11 is 0. The Morgan fingerprint density at radius 3 is 2.95 bits per heavy atom. The lowest BCUT2D eigenvalue weighted by molar-refractivity contribution is -0.143. The van der Waals surface area contributed by atoms with Crippen LogP contribution in [0.1, 0.15) is 18.4 Å². The zero-order valence-corrected chi connectivity index (χ0v) is 10.7. The topological polar surface area (TPSA) is 59.2 Å². The summed E-state index contributed by atoms with van der Waals surface area (Å²) in [5, 5.41) is 0.573. The highest BCUT2D eigenvalue weighted by Gasteiger charge is 2.20. The zero-order valence-electron chi connectivity index (χ0n) is 10.7. The lowest BCUT2D eigenvalue weighted by atomic mass is 10.0. The first-order chi connectivity index (χ1) is 9.15. The lowest BCUT2D eigenvalue weighted by Gasteiger charge is -2.10. The smallest absolute Gasteiger partial charge is 0.313 e. The largest absolute Gasteiger partial charge is 0.461 e. The van der Waals surface area contributed by atoms with Crippen LogP contribution in [0.25, 0.3) is 10.9 Å². The third-order valence-electron chi connectivity index (χ3n) is 2.98. The first-order valence-electron chi connectivity index (χ1n) is 6.03. The van der Waals surface area contributed by atoms with E-state index >= 15 is 0 Å². The van der Waals surface area contributed by atoms with Gasteiger partial charge in [-0.05, 0) is 19.1 Å². The molecule has 0 saturated heterocycles. The fourth-order valence-corrected chi connectivity index (χ4v) is 1.90. The van der Waals surface area contributed by atoms with Crippen molar-refractivity contribution in [3.8, 4) is 0 Å². The van der Waals surface area contributed by atoms with Crippen LogP contribution in [0.4, 0.5) is 0 Å². The maximum Gasteiger partial charge on any atom is 0.313 e. The van der Waals surface area contributed by atoms with E-state index in [0.29, 0.717) is 10.9 Å². The third kappa shape index (κ3) is 2.57. The van der Waals surface area contributed by atoms with Gasteiger partial charge in [0.1, 0.15) is 6.61 Å². The van der Waals surface area contributed by atoms with Crippen molar-refractivity contribution in [3.05, 3.63) is 58.9 Å². The molecule has 98 valence electrons. The highest BCUT2D eigenvalue weighted by Crippen LogP contribution is 2.15. The van der Waals surface area contributed by atoms with Gasteiger partial charge in [-0.1, -0.05) is 24.8 Å². The van der Waals surface area contributed by atoms with Gasteiger partial charge in [-0.25, -0.2) is 0 Å². The number of esters is 1. The van der Waals surface area contributed by atoms with Crippen molar-refractivity contribution in [2.75, 3.05) is 6.61 Å². The number of H-pyrrole nitrogens is 1. The monoisotopic (exact) mass is 257 g/mol. The van der Waals surface area contributed by atoms with Crippen LogP contribution in [0.2, 0.25) is 0 Å². The number of fused-ring (bicyclic) bond motifs is 1. The van der Waals surface area contributed by atoms with Gasteiger partial charge in [0.2, 0.25) is 0 Å². The number of carbonyl (C=O) groups excluding carboxylic acids is 1. The van der Waals surface area contributed by atoms with Gasteiger partial charge >= 0.3 is 5.97 Å². The number of hydrogen-bond donors (Lipinski definition) is 1. The molecule has 1 aromatic carbocycles. The Hall–Kier alpha value is -2.36. The maximum atomic E-state index is 12.3. The second-order valence-electron chi connectivity index (χ2n) is 4.26. The summed E-state index contributed by atoms with van der Waals surface area (Å²) in [6.45, 7) is 5.28. The SMILES string of the molecule is C=CCOC(=O)C(C)c1c[nH]c2ccccc2c1=O. The van der Waals surface area contributed by atoms with Gasteiger partial charge in [0, 0.05) is 22.7 Å². The van der Waals surface area contributed by atoms with Crippen molar-refractivity contribution in [1.82, 2.24) is 4.98 Å². The van der Waals surface area contributed by atoms with E-state index in [9.17, 15) is 9.59 Å². The van der Waals surface area contributed by atoms with Crippen molar-refractivity contribution < 1.29 is 9.53 Å². The lowest BCUT2D eigenvalue weighted by Crippen LogP contribution is -2.20. The molecular formula is C15H15NO3. The van der Waals surface area contributed by atoms with Gasteiger partial charge < -0.3 is 9.72 Å². The van der Waals surface area contributed by atoms with E-state index in [1.807, 2.05) is 12.1 Å². The van der Waals surface area contributed by atoms with E-state index in [2.05, 4.69) is 11.6 Å². The Labute approximate surface area is 110 Å². The van der Waals surface area contributed by atoms with Gasteiger partial charge in [-0.15, -0.1) is 0 Å². The van der Waals surface area contributed by atoms with Gasteiger partial charge in [-0.2, -0.15) is 0 Å². The molecule has 2 rings (SSSR count). The molecule has 0 bridgehead atoms. The highest BCUT2D eigenvalue weighted by molar-refractivity contribution is 5.82. The van der Waals surface area contributed by atoms with Gasteiger partial charge in [-0.3, -0.25) is 9.59 Å². The van der Waals surface area contributed by atoms with Gasteiger partial charge in [0.25, 0.3) is 0 Å². The Morgan fingerprint density at radius 2 is 2.21 bits per heavy atom. The predicted molar refractivity (Wildman–Crippen MR) is 74.1 cm³/mol. The molecule has 0 saturated carbocycles. The highest BCUT2D eigenvalue weighted by atomic mass is 16.5. The molecule has 0 aliphatic rings. The number of pyridine rings is 1. The standard InChI is InChI=1S/C15H15NO3/c1-3-8-19-15(18)10(2)12-9-16-13-7-5-4-6-11(13)14(12)17/h3-7,9-10H,1,8H2,2H3,(H,16,17). The van der Waals surface area contributed by atoms with Crippen LogP contribution in [0.5, 0.6) is 0 Å². The molecule has 4 nitrogen and oxygen atoms in total. The van der Waals surface area contributed by atoms with Crippen LogP contribution in [0.15, 0.2) is 47.9 Å². The van der Waals surface area contributed by atoms with E-state index < -0.39 is 11.9 Å². The van der Waals surface area contributed by atoms with Crippen LogP contribution < -0.4 is 5.43 Å². The fraction of sp³-hybridized carbons (Fsp3) is 0.200. The molecule has 0 aliphatic heterocycles. The molecule has 0 radical (unpaired) electrons. The summed E-state index contributed by atoms with van der Waals surface area (Å²) in [5.74, 6) is -1.03. The molecular weight excluding hydrogens is 242 g/mol. The minimum absolute atomic E-state index is 0.141. The maximum absolute atomic E-state index is 12.3. The van der Waals surface area contributed by atoms with Crippen molar-refractivity contribution in [2.45, 2.75) is 12.8 Å². The molecule has 1 heterocycles. The van der Waals surface area contributed by atoms with Crippen LogP contribution in [-0.2, 0) is 9.53 Å². The molecule has 0 aliphatic carbocycles. The Kier molecular flexibility index (Phi) is 3.80. The van der Waals surface area contributed by atoms with E-state index in [1.165, 1.54) is 6.08 Å². The molecule has 0 amide bonds. The third-order valence-corrected chi connectivity index (χ3v) is 2.98. The van der Waals surface area contributed by atoms with Crippen molar-refractivity contribution in [3.63, 3.8) is 0 Å². The summed E-state index contributed by atoms with van der Waals surface area (Å²) in [6, 6.07) is 7.20. The minimum atomic E-state index is -0.603. The van der Waals surface area contributed by atoms with E-state index in [0.717, 1.165) is 5.52 Å². The number of aromatic nitrogens is 1. The minimum Gasteiger partial charge on any atom is -0.461 e. The molecule has 4 heteroatoms. The fourth-order valence-electron chi connectivity index (χ4n) is 1.90. The van der Waals surface area contributed by atoms with Crippen molar-refractivity contribution in [2.24, 2.45) is 0 Å². The van der Waals surface area contributed by atoms with Crippen LogP contribution in [-0.4, -0.2) is 17.6 Å². The molecule has 1 atom stereocenters. The average Bonchev–Trinajstić information content (AvgIpc) is 2.44. The Bertz CT molecular complexity index is 672. The van der Waals surface area contributed by atoms with Crippen LogP contribution >= 0.6 is 0 Å². The second kappa shape index (κ2) is 5.52. The molecule has 0 fully saturated rings. The van der Waals surface area contributed by atoms with Crippen molar-refractivity contribution in [1.29, 1.82) is 0 Å². The second-order valence-corrected chi connectivity index (χ2v) is 4.26.